The zero-order valence-corrected chi connectivity index (χ0v) is 20.3. The normalized spacial score (nSPS) is 14.2. The SMILES string of the molecule is COc1ccc(C(=O)Nc2ccc(-c3nc4ccc(NC(=O)C5CCCCCC5)cc4[nH]3)cc2)cc1. The van der Waals surface area contributed by atoms with E-state index in [0.717, 1.165) is 53.8 Å². The third-order valence-corrected chi connectivity index (χ3v) is 6.74. The van der Waals surface area contributed by atoms with Gasteiger partial charge in [0.2, 0.25) is 5.91 Å². The smallest absolute Gasteiger partial charge is 0.255 e. The number of nitrogens with one attached hydrogen (secondary N) is 3. The summed E-state index contributed by atoms with van der Waals surface area (Å²) in [4.78, 5) is 33.3. The summed E-state index contributed by atoms with van der Waals surface area (Å²) in [6.45, 7) is 0. The average Bonchev–Trinajstić information content (AvgIpc) is 3.13. The predicted octanol–water partition coefficient (Wildman–Crippen LogP) is 6.40. The number of rotatable bonds is 6. The van der Waals surface area contributed by atoms with E-state index < -0.39 is 0 Å². The lowest BCUT2D eigenvalue weighted by atomic mass is 9.99. The summed E-state index contributed by atoms with van der Waals surface area (Å²) < 4.78 is 5.14. The van der Waals surface area contributed by atoms with Crippen LogP contribution in [0, 0.1) is 5.92 Å². The molecule has 1 aromatic heterocycles. The largest absolute Gasteiger partial charge is 0.497 e. The maximum Gasteiger partial charge on any atom is 0.255 e. The molecule has 1 aliphatic rings. The zero-order valence-electron chi connectivity index (χ0n) is 20.3. The van der Waals surface area contributed by atoms with Crippen molar-refractivity contribution in [3.8, 4) is 17.1 Å². The minimum Gasteiger partial charge on any atom is -0.497 e. The van der Waals surface area contributed by atoms with Crippen LogP contribution in [0.3, 0.4) is 0 Å². The molecule has 1 aliphatic carbocycles. The Morgan fingerprint density at radius 3 is 2.25 bits per heavy atom. The first-order valence-electron chi connectivity index (χ1n) is 12.5. The maximum atomic E-state index is 12.7. The molecule has 0 spiro atoms. The van der Waals surface area contributed by atoms with Gasteiger partial charge in [-0.2, -0.15) is 0 Å². The summed E-state index contributed by atoms with van der Waals surface area (Å²) in [6.07, 6.45) is 6.65. The molecule has 3 N–H and O–H groups in total. The van der Waals surface area contributed by atoms with Crippen molar-refractivity contribution < 1.29 is 14.3 Å². The summed E-state index contributed by atoms with van der Waals surface area (Å²) >= 11 is 0. The molecule has 0 unspecified atom stereocenters. The molecule has 1 heterocycles. The Balaban J connectivity index is 1.25. The van der Waals surface area contributed by atoms with Crippen LogP contribution in [-0.4, -0.2) is 28.9 Å². The Labute approximate surface area is 210 Å². The third-order valence-electron chi connectivity index (χ3n) is 6.74. The van der Waals surface area contributed by atoms with Crippen molar-refractivity contribution in [3.63, 3.8) is 0 Å². The second kappa shape index (κ2) is 10.6. The Kier molecular flexibility index (Phi) is 6.98. The quantitative estimate of drug-likeness (QED) is 0.277. The Hall–Kier alpha value is -4.13. The van der Waals surface area contributed by atoms with Gasteiger partial charge in [-0.15, -0.1) is 0 Å². The summed E-state index contributed by atoms with van der Waals surface area (Å²) in [6, 6.07) is 20.2. The van der Waals surface area contributed by atoms with E-state index in [4.69, 9.17) is 9.72 Å². The van der Waals surface area contributed by atoms with Crippen LogP contribution in [0.4, 0.5) is 11.4 Å². The van der Waals surface area contributed by atoms with Crippen molar-refractivity contribution >= 4 is 34.2 Å². The van der Waals surface area contributed by atoms with Crippen molar-refractivity contribution in [2.75, 3.05) is 17.7 Å². The number of hydrogen-bond donors (Lipinski definition) is 3. The van der Waals surface area contributed by atoms with Crippen LogP contribution in [0.5, 0.6) is 5.75 Å². The highest BCUT2D eigenvalue weighted by molar-refractivity contribution is 6.04. The van der Waals surface area contributed by atoms with Crippen LogP contribution >= 0.6 is 0 Å². The van der Waals surface area contributed by atoms with Gasteiger partial charge < -0.3 is 20.4 Å². The van der Waals surface area contributed by atoms with Gasteiger partial charge in [0.1, 0.15) is 11.6 Å². The molecule has 7 nitrogen and oxygen atoms in total. The number of ether oxygens (including phenoxy) is 1. The van der Waals surface area contributed by atoms with Crippen LogP contribution in [0.1, 0.15) is 48.9 Å². The van der Waals surface area contributed by atoms with E-state index in [-0.39, 0.29) is 17.7 Å². The molecule has 5 rings (SSSR count). The number of anilines is 2. The molecule has 1 fully saturated rings. The number of imidazole rings is 1. The predicted molar refractivity (Wildman–Crippen MR) is 142 cm³/mol. The van der Waals surface area contributed by atoms with Crippen LogP contribution in [0.15, 0.2) is 66.7 Å². The van der Waals surface area contributed by atoms with Crippen molar-refractivity contribution in [2.24, 2.45) is 5.92 Å². The molecule has 0 aliphatic heterocycles. The monoisotopic (exact) mass is 482 g/mol. The molecule has 7 heteroatoms. The van der Waals surface area contributed by atoms with Crippen LogP contribution in [-0.2, 0) is 4.79 Å². The molecule has 0 atom stereocenters. The minimum atomic E-state index is -0.187. The number of H-pyrrole nitrogens is 1. The molecule has 4 aromatic rings. The Morgan fingerprint density at radius 1 is 0.861 bits per heavy atom. The number of fused-ring (bicyclic) bond motifs is 1. The van der Waals surface area contributed by atoms with Gasteiger partial charge in [0.15, 0.2) is 0 Å². The van der Waals surface area contributed by atoms with E-state index in [1.165, 1.54) is 12.8 Å². The summed E-state index contributed by atoms with van der Waals surface area (Å²) in [7, 11) is 1.59. The number of aromatic nitrogens is 2. The number of nitrogens with zero attached hydrogens (tertiary/aromatic N) is 1. The lowest BCUT2D eigenvalue weighted by molar-refractivity contribution is -0.120. The van der Waals surface area contributed by atoms with Crippen molar-refractivity contribution in [1.29, 1.82) is 0 Å². The van der Waals surface area contributed by atoms with Gasteiger partial charge in [0.25, 0.3) is 5.91 Å². The average molecular weight is 483 g/mol. The molecular weight excluding hydrogens is 452 g/mol. The van der Waals surface area contributed by atoms with Gasteiger partial charge in [-0.3, -0.25) is 9.59 Å². The zero-order chi connectivity index (χ0) is 24.9. The molecule has 36 heavy (non-hydrogen) atoms. The molecule has 184 valence electrons. The topological polar surface area (TPSA) is 96.1 Å². The van der Waals surface area contributed by atoms with E-state index in [2.05, 4.69) is 15.6 Å². The molecular formula is C29H30N4O3. The van der Waals surface area contributed by atoms with E-state index in [9.17, 15) is 9.59 Å². The van der Waals surface area contributed by atoms with Crippen LogP contribution in [0.2, 0.25) is 0 Å². The van der Waals surface area contributed by atoms with E-state index in [1.54, 1.807) is 31.4 Å². The molecule has 0 radical (unpaired) electrons. The minimum absolute atomic E-state index is 0.101. The summed E-state index contributed by atoms with van der Waals surface area (Å²) in [5.74, 6) is 1.46. The maximum absolute atomic E-state index is 12.7. The van der Waals surface area contributed by atoms with E-state index >= 15 is 0 Å². The molecule has 0 bridgehead atoms. The fourth-order valence-corrected chi connectivity index (χ4v) is 4.67. The highest BCUT2D eigenvalue weighted by Crippen LogP contribution is 2.27. The first-order chi connectivity index (χ1) is 17.6. The number of carbonyl (C=O) groups is 2. The Morgan fingerprint density at radius 2 is 1.56 bits per heavy atom. The van der Waals surface area contributed by atoms with Crippen molar-refractivity contribution in [2.45, 2.75) is 38.5 Å². The second-order valence-corrected chi connectivity index (χ2v) is 9.26. The number of methoxy groups -OCH3 is 1. The summed E-state index contributed by atoms with van der Waals surface area (Å²) in [5, 5.41) is 6.00. The van der Waals surface area contributed by atoms with E-state index in [0.29, 0.717) is 17.0 Å². The lowest BCUT2D eigenvalue weighted by Crippen LogP contribution is -2.22. The number of amides is 2. The van der Waals surface area contributed by atoms with Gasteiger partial charge in [0, 0.05) is 28.4 Å². The van der Waals surface area contributed by atoms with Gasteiger partial charge in [-0.1, -0.05) is 25.7 Å². The summed E-state index contributed by atoms with van der Waals surface area (Å²) in [5.41, 5.74) is 4.62. The molecule has 2 amide bonds. The van der Waals surface area contributed by atoms with Gasteiger partial charge in [-0.25, -0.2) is 4.98 Å². The fourth-order valence-electron chi connectivity index (χ4n) is 4.67. The number of hydrogen-bond acceptors (Lipinski definition) is 4. The lowest BCUT2D eigenvalue weighted by Gasteiger charge is -2.14. The molecule has 0 saturated heterocycles. The standard InChI is InChI=1S/C29H30N4O3/c1-36-24-15-10-21(11-16-24)29(35)30-22-12-8-19(9-13-22)27-32-25-17-14-23(18-26(25)33-27)31-28(34)20-6-4-2-3-5-7-20/h8-18,20H,2-7H2,1H3,(H,30,35)(H,31,34)(H,32,33). The number of carbonyl (C=O) groups excluding carboxylic acids is 2. The number of benzene rings is 3. The highest BCUT2D eigenvalue weighted by atomic mass is 16.5. The van der Waals surface area contributed by atoms with Crippen LogP contribution < -0.4 is 15.4 Å². The van der Waals surface area contributed by atoms with E-state index in [1.807, 2.05) is 42.5 Å². The highest BCUT2D eigenvalue weighted by Gasteiger charge is 2.20. The number of aromatic amines is 1. The van der Waals surface area contributed by atoms with Gasteiger partial charge in [0.05, 0.1) is 18.1 Å². The fraction of sp³-hybridized carbons (Fsp3) is 0.276. The third kappa shape index (κ3) is 5.40. The van der Waals surface area contributed by atoms with Crippen molar-refractivity contribution in [3.05, 3.63) is 72.3 Å². The molecule has 3 aromatic carbocycles. The first-order valence-corrected chi connectivity index (χ1v) is 12.5. The van der Waals surface area contributed by atoms with Crippen LogP contribution in [0.25, 0.3) is 22.4 Å². The van der Waals surface area contributed by atoms with Crippen molar-refractivity contribution in [1.82, 2.24) is 9.97 Å². The first kappa shape index (κ1) is 23.6. The van der Waals surface area contributed by atoms with Gasteiger partial charge in [-0.05, 0) is 79.6 Å². The second-order valence-electron chi connectivity index (χ2n) is 9.26. The molecule has 1 saturated carbocycles. The van der Waals surface area contributed by atoms with Gasteiger partial charge >= 0.3 is 0 Å². The Bertz CT molecular complexity index is 1350.